The fourth-order valence-electron chi connectivity index (χ4n) is 1.99. The van der Waals surface area contributed by atoms with Gasteiger partial charge in [-0.25, -0.2) is 4.79 Å². The van der Waals surface area contributed by atoms with Gasteiger partial charge in [0.1, 0.15) is 0 Å². The van der Waals surface area contributed by atoms with Gasteiger partial charge in [0.15, 0.2) is 0 Å². The number of aromatic amines is 1. The third-order valence-electron chi connectivity index (χ3n) is 3.39. The molecule has 1 unspecified atom stereocenters. The van der Waals surface area contributed by atoms with Crippen molar-refractivity contribution in [2.75, 3.05) is 0 Å². The van der Waals surface area contributed by atoms with E-state index in [-0.39, 0.29) is 5.56 Å². The Morgan fingerprint density at radius 1 is 1.29 bits per heavy atom. The Kier molecular flexibility index (Phi) is 4.07. The maximum absolute atomic E-state index is 11.7. The van der Waals surface area contributed by atoms with Crippen LogP contribution < -0.4 is 11.2 Å². The molecular weight excluding hydrogens is 272 g/mol. The molecule has 0 aliphatic carbocycles. The molecule has 0 fully saturated rings. The van der Waals surface area contributed by atoms with Gasteiger partial charge in [0.05, 0.1) is 12.5 Å². The maximum Gasteiger partial charge on any atom is 0.328 e. The summed E-state index contributed by atoms with van der Waals surface area (Å²) in [5, 5.41) is 8.95. The van der Waals surface area contributed by atoms with Crippen LogP contribution in [0.2, 0.25) is 0 Å². The molecule has 6 nitrogen and oxygen atoms in total. The third kappa shape index (κ3) is 3.28. The minimum Gasteiger partial charge on any atom is -0.481 e. The van der Waals surface area contributed by atoms with Gasteiger partial charge in [0.25, 0.3) is 5.56 Å². The van der Waals surface area contributed by atoms with Crippen LogP contribution in [-0.4, -0.2) is 20.6 Å². The largest absolute Gasteiger partial charge is 0.481 e. The molecule has 0 spiro atoms. The molecule has 6 heteroatoms. The van der Waals surface area contributed by atoms with Gasteiger partial charge in [-0.1, -0.05) is 24.3 Å². The SMILES string of the molecule is Cc1cn(Cc2ccc(C(C)C(=O)O)cc2)c(=O)[nH]c1=O. The van der Waals surface area contributed by atoms with E-state index in [1.807, 2.05) is 0 Å². The summed E-state index contributed by atoms with van der Waals surface area (Å²) in [5.41, 5.74) is 1.17. The molecule has 0 bridgehead atoms. The van der Waals surface area contributed by atoms with Crippen molar-refractivity contribution in [2.45, 2.75) is 26.3 Å². The highest BCUT2D eigenvalue weighted by molar-refractivity contribution is 5.75. The molecule has 1 aromatic carbocycles. The Balaban J connectivity index is 2.25. The summed E-state index contributed by atoms with van der Waals surface area (Å²) in [5.74, 6) is -1.45. The maximum atomic E-state index is 11.7. The highest BCUT2D eigenvalue weighted by Crippen LogP contribution is 2.16. The number of nitrogens with zero attached hydrogens (tertiary/aromatic N) is 1. The summed E-state index contributed by atoms with van der Waals surface area (Å²) < 4.78 is 1.41. The summed E-state index contributed by atoms with van der Waals surface area (Å²) in [7, 11) is 0. The monoisotopic (exact) mass is 288 g/mol. The van der Waals surface area contributed by atoms with Crippen molar-refractivity contribution in [3.63, 3.8) is 0 Å². The van der Waals surface area contributed by atoms with Crippen LogP contribution in [0.4, 0.5) is 0 Å². The predicted molar refractivity (Wildman–Crippen MR) is 77.7 cm³/mol. The van der Waals surface area contributed by atoms with Crippen molar-refractivity contribution in [3.8, 4) is 0 Å². The summed E-state index contributed by atoms with van der Waals surface area (Å²) in [6.07, 6.45) is 1.51. The minimum atomic E-state index is -0.879. The second kappa shape index (κ2) is 5.78. The predicted octanol–water partition coefficient (Wildman–Crippen LogP) is 1.08. The molecule has 21 heavy (non-hydrogen) atoms. The highest BCUT2D eigenvalue weighted by atomic mass is 16.4. The summed E-state index contributed by atoms with van der Waals surface area (Å²) >= 11 is 0. The molecule has 2 aromatic rings. The van der Waals surface area contributed by atoms with E-state index in [9.17, 15) is 14.4 Å². The number of aliphatic carboxylic acids is 1. The van der Waals surface area contributed by atoms with Gasteiger partial charge >= 0.3 is 11.7 Å². The molecule has 1 heterocycles. The number of hydrogen-bond donors (Lipinski definition) is 2. The fourth-order valence-corrected chi connectivity index (χ4v) is 1.99. The number of carbonyl (C=O) groups is 1. The topological polar surface area (TPSA) is 92.2 Å². The van der Waals surface area contributed by atoms with Crippen LogP contribution in [0.3, 0.4) is 0 Å². The van der Waals surface area contributed by atoms with Crippen molar-refractivity contribution in [1.29, 1.82) is 0 Å². The normalized spacial score (nSPS) is 12.1. The van der Waals surface area contributed by atoms with Crippen LogP contribution in [0, 0.1) is 6.92 Å². The molecule has 0 saturated carbocycles. The third-order valence-corrected chi connectivity index (χ3v) is 3.39. The fraction of sp³-hybridized carbons (Fsp3) is 0.267. The average molecular weight is 288 g/mol. The number of hydrogen-bond acceptors (Lipinski definition) is 3. The van der Waals surface area contributed by atoms with Crippen LogP contribution in [0.15, 0.2) is 40.1 Å². The number of nitrogens with one attached hydrogen (secondary N) is 1. The Morgan fingerprint density at radius 2 is 1.90 bits per heavy atom. The van der Waals surface area contributed by atoms with Crippen molar-refractivity contribution in [2.24, 2.45) is 0 Å². The lowest BCUT2D eigenvalue weighted by Gasteiger charge is -2.09. The lowest BCUT2D eigenvalue weighted by molar-refractivity contribution is -0.138. The first-order chi connectivity index (χ1) is 9.88. The van der Waals surface area contributed by atoms with E-state index in [0.717, 1.165) is 5.56 Å². The quantitative estimate of drug-likeness (QED) is 0.880. The molecule has 0 aliphatic rings. The van der Waals surface area contributed by atoms with Crippen LogP contribution >= 0.6 is 0 Å². The van der Waals surface area contributed by atoms with Crippen LogP contribution in [-0.2, 0) is 11.3 Å². The van der Waals surface area contributed by atoms with Crippen molar-refractivity contribution >= 4 is 5.97 Å². The number of rotatable bonds is 4. The number of H-pyrrole nitrogens is 1. The van der Waals surface area contributed by atoms with Gasteiger partial charge in [-0.2, -0.15) is 0 Å². The zero-order valence-electron chi connectivity index (χ0n) is 11.8. The summed E-state index contributed by atoms with van der Waals surface area (Å²) in [4.78, 5) is 36.2. The Labute approximate surface area is 120 Å². The van der Waals surface area contributed by atoms with E-state index >= 15 is 0 Å². The van der Waals surface area contributed by atoms with Crippen molar-refractivity contribution in [3.05, 3.63) is 68.0 Å². The van der Waals surface area contributed by atoms with Crippen molar-refractivity contribution in [1.82, 2.24) is 9.55 Å². The first-order valence-corrected chi connectivity index (χ1v) is 6.50. The van der Waals surface area contributed by atoms with E-state index in [1.165, 1.54) is 10.8 Å². The van der Waals surface area contributed by atoms with Gasteiger partial charge in [-0.05, 0) is 25.0 Å². The summed E-state index contributed by atoms with van der Waals surface area (Å²) in [6, 6.07) is 7.03. The van der Waals surface area contributed by atoms with E-state index in [4.69, 9.17) is 5.11 Å². The Morgan fingerprint density at radius 3 is 2.48 bits per heavy atom. The first-order valence-electron chi connectivity index (χ1n) is 6.50. The van der Waals surface area contributed by atoms with E-state index in [1.54, 1.807) is 38.1 Å². The second-order valence-corrected chi connectivity index (χ2v) is 5.00. The van der Waals surface area contributed by atoms with Crippen LogP contribution in [0.5, 0.6) is 0 Å². The molecule has 2 N–H and O–H groups in total. The molecule has 0 saturated heterocycles. The standard InChI is InChI=1S/C15H16N2O4/c1-9-7-17(15(21)16-13(9)18)8-11-3-5-12(6-4-11)10(2)14(19)20/h3-7,10H,8H2,1-2H3,(H,19,20)(H,16,18,21). The summed E-state index contributed by atoms with van der Waals surface area (Å²) in [6.45, 7) is 3.57. The van der Waals surface area contributed by atoms with Gasteiger partial charge < -0.3 is 5.11 Å². The molecule has 1 aromatic heterocycles. The molecule has 110 valence electrons. The molecule has 0 radical (unpaired) electrons. The second-order valence-electron chi connectivity index (χ2n) is 5.00. The molecular formula is C15H16N2O4. The van der Waals surface area contributed by atoms with Gasteiger partial charge in [0.2, 0.25) is 0 Å². The first kappa shape index (κ1) is 14.8. The Hall–Kier alpha value is -2.63. The van der Waals surface area contributed by atoms with Gasteiger partial charge in [-0.15, -0.1) is 0 Å². The lowest BCUT2D eigenvalue weighted by Crippen LogP contribution is -2.31. The van der Waals surface area contributed by atoms with E-state index < -0.39 is 17.6 Å². The number of benzene rings is 1. The van der Waals surface area contributed by atoms with Gasteiger partial charge in [-0.3, -0.25) is 19.1 Å². The van der Waals surface area contributed by atoms with E-state index in [0.29, 0.717) is 17.7 Å². The van der Waals surface area contributed by atoms with E-state index in [2.05, 4.69) is 4.98 Å². The zero-order chi connectivity index (χ0) is 15.6. The highest BCUT2D eigenvalue weighted by Gasteiger charge is 2.13. The number of carboxylic acids is 1. The van der Waals surface area contributed by atoms with Crippen LogP contribution in [0.25, 0.3) is 0 Å². The molecule has 1 atom stereocenters. The lowest BCUT2D eigenvalue weighted by atomic mass is 10.00. The number of carboxylic acid groups (broad SMARTS) is 1. The van der Waals surface area contributed by atoms with Gasteiger partial charge in [0, 0.05) is 11.8 Å². The average Bonchev–Trinajstić information content (AvgIpc) is 2.44. The zero-order valence-corrected chi connectivity index (χ0v) is 11.8. The number of aromatic nitrogens is 2. The molecule has 0 aliphatic heterocycles. The van der Waals surface area contributed by atoms with Crippen LogP contribution in [0.1, 0.15) is 29.5 Å². The minimum absolute atomic E-state index is 0.318. The molecule has 0 amide bonds. The smallest absolute Gasteiger partial charge is 0.328 e. The molecule has 2 rings (SSSR count). The Bertz CT molecular complexity index is 771. The number of aryl methyl sites for hydroxylation is 1. The van der Waals surface area contributed by atoms with Crippen molar-refractivity contribution < 1.29 is 9.90 Å².